The molecule has 1 aliphatic rings. The number of carboxylic acids is 1. The van der Waals surface area contributed by atoms with Crippen molar-refractivity contribution in [3.05, 3.63) is 76.3 Å². The first-order chi connectivity index (χ1) is 12.4. The highest BCUT2D eigenvalue weighted by molar-refractivity contribution is 6.46. The van der Waals surface area contributed by atoms with Crippen LogP contribution in [0.1, 0.15) is 17.2 Å². The second kappa shape index (κ2) is 7.01. The van der Waals surface area contributed by atoms with Crippen LogP contribution in [-0.4, -0.2) is 34.2 Å². The molecule has 6 nitrogen and oxygen atoms in total. The molecule has 132 valence electrons. The van der Waals surface area contributed by atoms with Crippen LogP contribution in [0.25, 0.3) is 5.76 Å². The van der Waals surface area contributed by atoms with Crippen molar-refractivity contribution in [3.63, 3.8) is 0 Å². The average molecular weight is 371 g/mol. The third kappa shape index (κ3) is 3.19. The maximum atomic E-state index is 12.5. The van der Waals surface area contributed by atoms with Gasteiger partial charge in [-0.3, -0.25) is 9.59 Å². The van der Waals surface area contributed by atoms with E-state index in [0.29, 0.717) is 16.1 Å². The van der Waals surface area contributed by atoms with Crippen LogP contribution in [-0.2, 0) is 14.4 Å². The number of ketones is 1. The van der Waals surface area contributed by atoms with Gasteiger partial charge >= 0.3 is 0 Å². The lowest BCUT2D eigenvalue weighted by Crippen LogP contribution is -2.40. The zero-order chi connectivity index (χ0) is 18.8. The number of carbonyl (C=O) groups is 3. The van der Waals surface area contributed by atoms with Gasteiger partial charge in [-0.15, -0.1) is 0 Å². The van der Waals surface area contributed by atoms with E-state index >= 15 is 0 Å². The van der Waals surface area contributed by atoms with E-state index in [1.54, 1.807) is 54.6 Å². The SMILES string of the molecule is O=C([O-])CN1C(=O)C(=O)C(=C(O)c2ccccc2)[C@H]1c1ccc(Cl)cc1. The molecule has 0 aromatic heterocycles. The number of Topliss-reactive ketones (excluding diaryl/α,β-unsaturated/α-hetero) is 1. The van der Waals surface area contributed by atoms with Gasteiger partial charge in [0.05, 0.1) is 24.1 Å². The normalized spacial score (nSPS) is 19.0. The van der Waals surface area contributed by atoms with Gasteiger partial charge in [-0.1, -0.05) is 54.1 Å². The number of carbonyl (C=O) groups excluding carboxylic acids is 3. The number of benzene rings is 2. The summed E-state index contributed by atoms with van der Waals surface area (Å²) in [6.07, 6.45) is 0. The Bertz CT molecular complexity index is 905. The van der Waals surface area contributed by atoms with Crippen molar-refractivity contribution in [2.24, 2.45) is 0 Å². The third-order valence-corrected chi connectivity index (χ3v) is 4.32. The van der Waals surface area contributed by atoms with Gasteiger partial charge in [0.25, 0.3) is 11.7 Å². The Morgan fingerprint density at radius 3 is 2.27 bits per heavy atom. The summed E-state index contributed by atoms with van der Waals surface area (Å²) in [5, 5.41) is 22.1. The molecule has 0 unspecified atom stereocenters. The summed E-state index contributed by atoms with van der Waals surface area (Å²) in [4.78, 5) is 36.8. The fourth-order valence-corrected chi connectivity index (χ4v) is 3.05. The monoisotopic (exact) mass is 370 g/mol. The maximum Gasteiger partial charge on any atom is 0.295 e. The molecule has 2 aromatic rings. The van der Waals surface area contributed by atoms with E-state index < -0.39 is 30.2 Å². The quantitative estimate of drug-likeness (QED) is 0.500. The summed E-state index contributed by atoms with van der Waals surface area (Å²) >= 11 is 5.88. The second-order valence-corrected chi connectivity index (χ2v) is 6.15. The lowest BCUT2D eigenvalue weighted by molar-refractivity contribution is -0.306. The van der Waals surface area contributed by atoms with Crippen molar-refractivity contribution >= 4 is 35.0 Å². The van der Waals surface area contributed by atoms with Gasteiger partial charge < -0.3 is 19.9 Å². The fourth-order valence-electron chi connectivity index (χ4n) is 2.93. The topological polar surface area (TPSA) is 97.7 Å². The van der Waals surface area contributed by atoms with E-state index in [1.807, 2.05) is 0 Å². The molecule has 0 radical (unpaired) electrons. The molecule has 1 aliphatic heterocycles. The standard InChI is InChI=1S/C19H14ClNO5/c20-13-8-6-11(7-9-13)16-15(17(24)12-4-2-1-3-5-12)18(25)19(26)21(16)10-14(22)23/h1-9,16,24H,10H2,(H,22,23)/p-1/t16-/m1/s1. The van der Waals surface area contributed by atoms with Crippen molar-refractivity contribution in [1.82, 2.24) is 4.90 Å². The number of likely N-dealkylation sites (tertiary alicyclic amines) is 1. The number of rotatable bonds is 4. The molecule has 1 fully saturated rings. The summed E-state index contributed by atoms with van der Waals surface area (Å²) in [6.45, 7) is -0.774. The molecule has 3 rings (SSSR count). The first kappa shape index (κ1) is 17.7. The largest absolute Gasteiger partial charge is 0.548 e. The van der Waals surface area contributed by atoms with Crippen molar-refractivity contribution < 1.29 is 24.6 Å². The number of aliphatic hydroxyl groups is 1. The van der Waals surface area contributed by atoms with Crippen LogP contribution in [0, 0.1) is 0 Å². The van der Waals surface area contributed by atoms with Gasteiger partial charge in [0.15, 0.2) is 0 Å². The molecule has 2 aromatic carbocycles. The first-order valence-electron chi connectivity index (χ1n) is 7.69. The van der Waals surface area contributed by atoms with Crippen LogP contribution in [0.5, 0.6) is 0 Å². The van der Waals surface area contributed by atoms with Crippen LogP contribution < -0.4 is 5.11 Å². The molecule has 7 heteroatoms. The summed E-state index contributed by atoms with van der Waals surface area (Å²) in [5.41, 5.74) is 0.620. The van der Waals surface area contributed by atoms with Crippen molar-refractivity contribution in [2.45, 2.75) is 6.04 Å². The summed E-state index contributed by atoms with van der Waals surface area (Å²) in [6, 6.07) is 13.4. The summed E-state index contributed by atoms with van der Waals surface area (Å²) in [7, 11) is 0. The highest BCUT2D eigenvalue weighted by Gasteiger charge is 2.45. The Hall–Kier alpha value is -3.12. The molecule has 1 heterocycles. The Kier molecular flexibility index (Phi) is 4.77. The number of hydrogen-bond donors (Lipinski definition) is 1. The molecule has 0 aliphatic carbocycles. The number of aliphatic carboxylic acids is 1. The molecule has 1 atom stereocenters. The second-order valence-electron chi connectivity index (χ2n) is 5.72. The number of aliphatic hydroxyl groups excluding tert-OH is 1. The van der Waals surface area contributed by atoms with Crippen molar-refractivity contribution in [2.75, 3.05) is 6.54 Å². The summed E-state index contributed by atoms with van der Waals surface area (Å²) < 4.78 is 0. The fraction of sp³-hybridized carbons (Fsp3) is 0.105. The molecule has 0 saturated carbocycles. The first-order valence-corrected chi connectivity index (χ1v) is 8.07. The highest BCUT2D eigenvalue weighted by atomic mass is 35.5. The lowest BCUT2D eigenvalue weighted by atomic mass is 9.95. The lowest BCUT2D eigenvalue weighted by Gasteiger charge is -2.25. The number of carboxylic acid groups (broad SMARTS) is 1. The molecule has 1 N–H and O–H groups in total. The zero-order valence-electron chi connectivity index (χ0n) is 13.4. The van der Waals surface area contributed by atoms with Crippen molar-refractivity contribution in [1.29, 1.82) is 0 Å². The average Bonchev–Trinajstić information content (AvgIpc) is 2.87. The summed E-state index contributed by atoms with van der Waals surface area (Å²) in [5.74, 6) is -3.84. The van der Waals surface area contributed by atoms with E-state index in [9.17, 15) is 24.6 Å². The van der Waals surface area contributed by atoms with Gasteiger partial charge in [0, 0.05) is 10.6 Å². The van der Waals surface area contributed by atoms with Gasteiger partial charge in [-0.25, -0.2) is 0 Å². The van der Waals surface area contributed by atoms with E-state index in [-0.39, 0.29) is 11.3 Å². The number of hydrogen-bond acceptors (Lipinski definition) is 5. The van der Waals surface area contributed by atoms with Crippen LogP contribution in [0.4, 0.5) is 0 Å². The predicted octanol–water partition coefficient (Wildman–Crippen LogP) is 1.51. The van der Waals surface area contributed by atoms with Crippen LogP contribution in [0.3, 0.4) is 0 Å². The maximum absolute atomic E-state index is 12.5. The van der Waals surface area contributed by atoms with E-state index in [2.05, 4.69) is 0 Å². The minimum atomic E-state index is -1.51. The van der Waals surface area contributed by atoms with Crippen molar-refractivity contribution in [3.8, 4) is 0 Å². The minimum absolute atomic E-state index is 0.176. The molecule has 0 bridgehead atoms. The van der Waals surface area contributed by atoms with Crippen LogP contribution >= 0.6 is 11.6 Å². The highest BCUT2D eigenvalue weighted by Crippen LogP contribution is 2.39. The van der Waals surface area contributed by atoms with Gasteiger partial charge in [0.1, 0.15) is 5.76 Å². The minimum Gasteiger partial charge on any atom is -0.548 e. The molecular formula is C19H13ClNO5-. The Morgan fingerprint density at radius 2 is 1.69 bits per heavy atom. The van der Waals surface area contributed by atoms with Crippen LogP contribution in [0.15, 0.2) is 60.2 Å². The molecule has 26 heavy (non-hydrogen) atoms. The number of nitrogens with zero attached hydrogens (tertiary/aromatic N) is 1. The van der Waals surface area contributed by atoms with Crippen LogP contribution in [0.2, 0.25) is 5.02 Å². The Morgan fingerprint density at radius 1 is 1.08 bits per heavy atom. The smallest absolute Gasteiger partial charge is 0.295 e. The van der Waals surface area contributed by atoms with E-state index in [0.717, 1.165) is 4.90 Å². The zero-order valence-corrected chi connectivity index (χ0v) is 14.1. The third-order valence-electron chi connectivity index (χ3n) is 4.07. The number of halogens is 1. The van der Waals surface area contributed by atoms with Gasteiger partial charge in [-0.2, -0.15) is 0 Å². The molecular weight excluding hydrogens is 358 g/mol. The molecule has 0 spiro atoms. The number of amides is 1. The molecule has 1 amide bonds. The van der Waals surface area contributed by atoms with Gasteiger partial charge in [-0.05, 0) is 17.7 Å². The van der Waals surface area contributed by atoms with E-state index in [4.69, 9.17) is 11.6 Å². The predicted molar refractivity (Wildman–Crippen MR) is 91.9 cm³/mol. The molecule has 1 saturated heterocycles. The Labute approximate surface area is 153 Å². The van der Waals surface area contributed by atoms with E-state index in [1.165, 1.54) is 0 Å². The van der Waals surface area contributed by atoms with Gasteiger partial charge in [0.2, 0.25) is 0 Å². The Balaban J connectivity index is 2.19.